The maximum absolute atomic E-state index is 11.4. The third-order valence-electron chi connectivity index (χ3n) is 1.93. The van der Waals surface area contributed by atoms with E-state index in [0.717, 1.165) is 5.56 Å². The van der Waals surface area contributed by atoms with Gasteiger partial charge >= 0.3 is 0 Å². The van der Waals surface area contributed by atoms with Crippen molar-refractivity contribution in [2.75, 3.05) is 18.4 Å². The van der Waals surface area contributed by atoms with Gasteiger partial charge in [0, 0.05) is 5.69 Å². The Morgan fingerprint density at radius 1 is 1.31 bits per heavy atom. The predicted molar refractivity (Wildman–Crippen MR) is 61.9 cm³/mol. The fourth-order valence-corrected chi connectivity index (χ4v) is 1.18. The van der Waals surface area contributed by atoms with Gasteiger partial charge in [0.15, 0.2) is 0 Å². The highest BCUT2D eigenvalue weighted by Gasteiger charge is 2.04. The molecular formula is C11H15N3O2. The molecule has 0 bridgehead atoms. The normalized spacial score (nSPS) is 9.62. The molecule has 1 aromatic carbocycles. The van der Waals surface area contributed by atoms with Crippen molar-refractivity contribution in [3.05, 3.63) is 29.8 Å². The van der Waals surface area contributed by atoms with Crippen LogP contribution in [0, 0.1) is 6.92 Å². The Balaban J connectivity index is 2.43. The molecule has 1 aromatic rings. The van der Waals surface area contributed by atoms with Crippen molar-refractivity contribution in [3.8, 4) is 0 Å². The minimum atomic E-state index is -0.348. The zero-order valence-electron chi connectivity index (χ0n) is 9.12. The van der Waals surface area contributed by atoms with E-state index in [-0.39, 0.29) is 24.9 Å². The molecule has 1 rings (SSSR count). The number of aryl methyl sites for hydroxylation is 1. The zero-order valence-corrected chi connectivity index (χ0v) is 9.12. The highest BCUT2D eigenvalue weighted by atomic mass is 16.2. The lowest BCUT2D eigenvalue weighted by Crippen LogP contribution is -2.36. The number of nitrogens with one attached hydrogen (secondary N) is 2. The molecule has 0 unspecified atom stereocenters. The summed E-state index contributed by atoms with van der Waals surface area (Å²) in [6, 6.07) is 7.42. The van der Waals surface area contributed by atoms with Crippen molar-refractivity contribution < 1.29 is 9.59 Å². The molecule has 5 nitrogen and oxygen atoms in total. The molecule has 0 aliphatic heterocycles. The predicted octanol–water partition coefficient (Wildman–Crippen LogP) is 0.00842. The summed E-state index contributed by atoms with van der Waals surface area (Å²) in [5, 5.41) is 5.06. The average Bonchev–Trinajstić information content (AvgIpc) is 2.26. The van der Waals surface area contributed by atoms with Gasteiger partial charge in [0.25, 0.3) is 0 Å². The molecule has 0 saturated heterocycles. The van der Waals surface area contributed by atoms with Crippen molar-refractivity contribution in [2.24, 2.45) is 5.73 Å². The quantitative estimate of drug-likeness (QED) is 0.669. The van der Waals surface area contributed by atoms with Crippen LogP contribution in [0.4, 0.5) is 5.69 Å². The van der Waals surface area contributed by atoms with Crippen LogP contribution < -0.4 is 16.4 Å². The van der Waals surface area contributed by atoms with Gasteiger partial charge in [-0.05, 0) is 24.6 Å². The van der Waals surface area contributed by atoms with Crippen LogP contribution in [0.1, 0.15) is 5.56 Å². The van der Waals surface area contributed by atoms with Gasteiger partial charge in [0.1, 0.15) is 0 Å². The molecule has 0 radical (unpaired) electrons. The molecule has 0 aromatic heterocycles. The van der Waals surface area contributed by atoms with E-state index in [0.29, 0.717) is 5.69 Å². The zero-order chi connectivity index (χ0) is 12.0. The lowest BCUT2D eigenvalue weighted by atomic mass is 10.2. The number of anilines is 1. The second-order valence-corrected chi connectivity index (χ2v) is 3.40. The summed E-state index contributed by atoms with van der Waals surface area (Å²) < 4.78 is 0. The Bertz CT molecular complexity index is 391. The van der Waals surface area contributed by atoms with Crippen molar-refractivity contribution in [1.82, 2.24) is 5.32 Å². The molecule has 5 heteroatoms. The number of rotatable bonds is 4. The molecule has 0 fully saturated rings. The van der Waals surface area contributed by atoms with E-state index in [9.17, 15) is 9.59 Å². The average molecular weight is 221 g/mol. The second kappa shape index (κ2) is 5.87. The lowest BCUT2D eigenvalue weighted by Gasteiger charge is -2.06. The molecule has 86 valence electrons. The number of amides is 2. The second-order valence-electron chi connectivity index (χ2n) is 3.40. The fraction of sp³-hybridized carbons (Fsp3) is 0.273. The number of carbonyl (C=O) groups excluding carboxylic acids is 2. The van der Waals surface area contributed by atoms with Gasteiger partial charge in [0.05, 0.1) is 13.1 Å². The van der Waals surface area contributed by atoms with E-state index in [1.54, 1.807) is 6.07 Å². The van der Waals surface area contributed by atoms with Gasteiger partial charge in [-0.25, -0.2) is 0 Å². The van der Waals surface area contributed by atoms with Crippen LogP contribution in [0.25, 0.3) is 0 Å². The Morgan fingerprint density at radius 2 is 2.06 bits per heavy atom. The Labute approximate surface area is 94.0 Å². The van der Waals surface area contributed by atoms with Crippen LogP contribution in [-0.2, 0) is 9.59 Å². The van der Waals surface area contributed by atoms with Gasteiger partial charge in [0.2, 0.25) is 11.8 Å². The third kappa shape index (κ3) is 4.10. The summed E-state index contributed by atoms with van der Waals surface area (Å²) in [5.74, 6) is -0.619. The Hall–Kier alpha value is -1.88. The van der Waals surface area contributed by atoms with Gasteiger partial charge in [-0.3, -0.25) is 9.59 Å². The monoisotopic (exact) mass is 221 g/mol. The van der Waals surface area contributed by atoms with E-state index in [1.165, 1.54) is 0 Å². The van der Waals surface area contributed by atoms with E-state index in [4.69, 9.17) is 5.73 Å². The molecule has 0 atom stereocenters. The highest BCUT2D eigenvalue weighted by molar-refractivity contribution is 5.94. The molecular weight excluding hydrogens is 206 g/mol. The summed E-state index contributed by atoms with van der Waals surface area (Å²) in [4.78, 5) is 22.2. The number of nitrogens with two attached hydrogens (primary N) is 1. The maximum Gasteiger partial charge on any atom is 0.243 e. The SMILES string of the molecule is Cc1cccc(NC(=O)CNC(=O)CN)c1. The molecule has 0 aliphatic carbocycles. The molecule has 0 spiro atoms. The topological polar surface area (TPSA) is 84.2 Å². The summed E-state index contributed by atoms with van der Waals surface area (Å²) in [6.45, 7) is 1.76. The van der Waals surface area contributed by atoms with Crippen LogP contribution in [0.5, 0.6) is 0 Å². The van der Waals surface area contributed by atoms with Gasteiger partial charge in [-0.15, -0.1) is 0 Å². The third-order valence-corrected chi connectivity index (χ3v) is 1.93. The number of hydrogen-bond acceptors (Lipinski definition) is 3. The minimum Gasteiger partial charge on any atom is -0.346 e. The summed E-state index contributed by atoms with van der Waals surface area (Å²) in [5.41, 5.74) is 6.86. The first-order valence-corrected chi connectivity index (χ1v) is 4.95. The van der Waals surface area contributed by atoms with E-state index >= 15 is 0 Å². The summed E-state index contributed by atoms with van der Waals surface area (Å²) in [6.07, 6.45) is 0. The van der Waals surface area contributed by atoms with Gasteiger partial charge < -0.3 is 16.4 Å². The Kier molecular flexibility index (Phi) is 4.47. The highest BCUT2D eigenvalue weighted by Crippen LogP contribution is 2.08. The van der Waals surface area contributed by atoms with Crippen molar-refractivity contribution >= 4 is 17.5 Å². The lowest BCUT2D eigenvalue weighted by molar-refractivity contribution is -0.123. The summed E-state index contributed by atoms with van der Waals surface area (Å²) in [7, 11) is 0. The summed E-state index contributed by atoms with van der Waals surface area (Å²) >= 11 is 0. The van der Waals surface area contributed by atoms with Crippen molar-refractivity contribution in [3.63, 3.8) is 0 Å². The van der Waals surface area contributed by atoms with E-state index < -0.39 is 0 Å². The number of benzene rings is 1. The Morgan fingerprint density at radius 3 is 2.69 bits per heavy atom. The van der Waals surface area contributed by atoms with Crippen LogP contribution in [0.15, 0.2) is 24.3 Å². The molecule has 2 amide bonds. The molecule has 16 heavy (non-hydrogen) atoms. The first kappa shape index (κ1) is 12.2. The van der Waals surface area contributed by atoms with Gasteiger partial charge in [-0.1, -0.05) is 12.1 Å². The maximum atomic E-state index is 11.4. The van der Waals surface area contributed by atoms with Gasteiger partial charge in [-0.2, -0.15) is 0 Å². The van der Waals surface area contributed by atoms with Crippen molar-refractivity contribution in [1.29, 1.82) is 0 Å². The van der Waals surface area contributed by atoms with E-state index in [2.05, 4.69) is 10.6 Å². The van der Waals surface area contributed by atoms with Crippen molar-refractivity contribution in [2.45, 2.75) is 6.92 Å². The van der Waals surface area contributed by atoms with Crippen LogP contribution in [0.2, 0.25) is 0 Å². The van der Waals surface area contributed by atoms with Crippen LogP contribution in [0.3, 0.4) is 0 Å². The first-order chi connectivity index (χ1) is 7.61. The molecule has 0 aliphatic rings. The largest absolute Gasteiger partial charge is 0.346 e. The smallest absolute Gasteiger partial charge is 0.243 e. The molecule has 0 heterocycles. The number of carbonyl (C=O) groups is 2. The standard InChI is InChI=1S/C11H15N3O2/c1-8-3-2-4-9(5-8)14-11(16)7-13-10(15)6-12/h2-5H,6-7,12H2,1H3,(H,13,15)(H,14,16). The molecule has 4 N–H and O–H groups in total. The number of hydrogen-bond donors (Lipinski definition) is 3. The molecule has 0 saturated carbocycles. The fourth-order valence-electron chi connectivity index (χ4n) is 1.18. The first-order valence-electron chi connectivity index (χ1n) is 4.95. The minimum absolute atomic E-state index is 0.0655. The van der Waals surface area contributed by atoms with Crippen LogP contribution >= 0.6 is 0 Å². The van der Waals surface area contributed by atoms with E-state index in [1.807, 2.05) is 25.1 Å². The van der Waals surface area contributed by atoms with Crippen LogP contribution in [-0.4, -0.2) is 24.9 Å².